The molecule has 38 heavy (non-hydrogen) atoms. The lowest BCUT2D eigenvalue weighted by atomic mass is 9.86. The second-order valence-corrected chi connectivity index (χ2v) is 10.5. The summed E-state index contributed by atoms with van der Waals surface area (Å²) in [5, 5.41) is 14.9. The molecule has 6 nitrogen and oxygen atoms in total. The number of aromatic nitrogens is 3. The maximum atomic E-state index is 15.2. The van der Waals surface area contributed by atoms with Crippen LogP contribution in [0.5, 0.6) is 0 Å². The smallest absolute Gasteiger partial charge is 0.225 e. The van der Waals surface area contributed by atoms with E-state index in [1.807, 2.05) is 25.7 Å². The van der Waals surface area contributed by atoms with Gasteiger partial charge in [-0.3, -0.25) is 4.98 Å². The van der Waals surface area contributed by atoms with Gasteiger partial charge in [0.15, 0.2) is 0 Å². The summed E-state index contributed by atoms with van der Waals surface area (Å²) in [6, 6.07) is 9.15. The Morgan fingerprint density at radius 3 is 2.58 bits per heavy atom. The van der Waals surface area contributed by atoms with E-state index in [4.69, 9.17) is 11.6 Å². The average molecular weight is 538 g/mol. The number of rotatable bonds is 7. The molecule has 9 heteroatoms. The highest BCUT2D eigenvalue weighted by Crippen LogP contribution is 2.37. The second-order valence-electron chi connectivity index (χ2n) is 10.1. The molecule has 198 valence electrons. The lowest BCUT2D eigenvalue weighted by molar-refractivity contribution is 0.00400. The van der Waals surface area contributed by atoms with E-state index < -0.39 is 17.5 Å². The molecule has 0 amide bonds. The van der Waals surface area contributed by atoms with Crippen LogP contribution in [0.25, 0.3) is 22.0 Å². The largest absolute Gasteiger partial charge is 0.390 e. The van der Waals surface area contributed by atoms with Crippen LogP contribution in [-0.4, -0.2) is 38.7 Å². The van der Waals surface area contributed by atoms with Gasteiger partial charge in [-0.2, -0.15) is 0 Å². The zero-order valence-electron chi connectivity index (χ0n) is 21.5. The summed E-state index contributed by atoms with van der Waals surface area (Å²) in [7, 11) is 0. The highest BCUT2D eigenvalue weighted by atomic mass is 35.5. The van der Waals surface area contributed by atoms with Crippen molar-refractivity contribution in [2.75, 3.05) is 23.3 Å². The molecular formula is C29H30ClF2N5O. The van der Waals surface area contributed by atoms with Crippen LogP contribution in [0.15, 0.2) is 55.0 Å². The Kier molecular flexibility index (Phi) is 7.20. The summed E-state index contributed by atoms with van der Waals surface area (Å²) < 4.78 is 29.6. The number of benzene rings is 2. The quantitative estimate of drug-likeness (QED) is 0.270. The van der Waals surface area contributed by atoms with Crippen molar-refractivity contribution in [3.05, 3.63) is 77.2 Å². The van der Waals surface area contributed by atoms with Crippen LogP contribution >= 0.6 is 11.6 Å². The van der Waals surface area contributed by atoms with E-state index in [0.717, 1.165) is 13.0 Å². The first-order valence-electron chi connectivity index (χ1n) is 12.8. The number of fused-ring (bicyclic) bond motifs is 1. The molecule has 0 saturated carbocycles. The third-order valence-corrected chi connectivity index (χ3v) is 7.95. The van der Waals surface area contributed by atoms with Gasteiger partial charge in [0.05, 0.1) is 27.9 Å². The molecule has 5 rings (SSSR count). The van der Waals surface area contributed by atoms with Crippen molar-refractivity contribution < 1.29 is 13.9 Å². The van der Waals surface area contributed by atoms with E-state index in [2.05, 4.69) is 20.3 Å². The Morgan fingerprint density at radius 2 is 1.87 bits per heavy atom. The lowest BCUT2D eigenvalue weighted by Gasteiger charge is -2.28. The van der Waals surface area contributed by atoms with Gasteiger partial charge in [0.2, 0.25) is 5.95 Å². The molecular weight excluding hydrogens is 508 g/mol. The molecule has 3 heterocycles. The molecule has 0 aliphatic carbocycles. The van der Waals surface area contributed by atoms with Gasteiger partial charge in [-0.1, -0.05) is 36.7 Å². The Hall–Kier alpha value is -3.36. The molecule has 0 bridgehead atoms. The Morgan fingerprint density at radius 1 is 1.13 bits per heavy atom. The number of hydrogen-bond acceptors (Lipinski definition) is 6. The van der Waals surface area contributed by atoms with Gasteiger partial charge >= 0.3 is 0 Å². The zero-order valence-corrected chi connectivity index (χ0v) is 22.3. The summed E-state index contributed by atoms with van der Waals surface area (Å²) in [5.74, 6) is -0.0932. The SMILES string of the molecule is CCC(C)(O)C1CCN(c2ncc(-c3cc4c(N[C@H](C)c5ccccc5F)c(Cl)cnc4cc3F)cn2)C1. The Bertz CT molecular complexity index is 1460. The van der Waals surface area contributed by atoms with Crippen LogP contribution in [0, 0.1) is 17.6 Å². The van der Waals surface area contributed by atoms with Crippen molar-refractivity contribution in [3.63, 3.8) is 0 Å². The van der Waals surface area contributed by atoms with Crippen molar-refractivity contribution in [1.82, 2.24) is 15.0 Å². The van der Waals surface area contributed by atoms with Crippen LogP contribution in [-0.2, 0) is 0 Å². The first kappa shape index (κ1) is 26.3. The third kappa shape index (κ3) is 5.02. The molecule has 2 aromatic heterocycles. The summed E-state index contributed by atoms with van der Waals surface area (Å²) >= 11 is 6.50. The third-order valence-electron chi connectivity index (χ3n) is 7.66. The normalized spacial score (nSPS) is 18.0. The van der Waals surface area contributed by atoms with Crippen LogP contribution in [0.1, 0.15) is 45.2 Å². The van der Waals surface area contributed by atoms with E-state index in [0.29, 0.717) is 57.2 Å². The molecule has 0 radical (unpaired) electrons. The summed E-state index contributed by atoms with van der Waals surface area (Å²) in [6.45, 7) is 7.11. The van der Waals surface area contributed by atoms with Crippen LogP contribution < -0.4 is 10.2 Å². The van der Waals surface area contributed by atoms with Crippen molar-refractivity contribution in [2.45, 2.75) is 45.3 Å². The minimum Gasteiger partial charge on any atom is -0.390 e. The molecule has 1 saturated heterocycles. The molecule has 1 aliphatic heterocycles. The molecule has 3 atom stereocenters. The van der Waals surface area contributed by atoms with Crippen molar-refractivity contribution in [2.24, 2.45) is 5.92 Å². The molecule has 1 fully saturated rings. The van der Waals surface area contributed by atoms with Gasteiger partial charge < -0.3 is 15.3 Å². The molecule has 2 unspecified atom stereocenters. The first-order chi connectivity index (χ1) is 18.2. The van der Waals surface area contributed by atoms with E-state index in [-0.39, 0.29) is 11.7 Å². The van der Waals surface area contributed by atoms with Crippen molar-refractivity contribution >= 4 is 34.1 Å². The summed E-state index contributed by atoms with van der Waals surface area (Å²) in [6.07, 6.45) is 6.20. The predicted octanol–water partition coefficient (Wildman–Crippen LogP) is 6.78. The van der Waals surface area contributed by atoms with Gasteiger partial charge in [-0.15, -0.1) is 0 Å². The highest BCUT2D eigenvalue weighted by Gasteiger charge is 2.36. The fourth-order valence-electron chi connectivity index (χ4n) is 5.04. The molecule has 4 aromatic rings. The minimum absolute atomic E-state index is 0.142. The second kappa shape index (κ2) is 10.4. The van der Waals surface area contributed by atoms with Gasteiger partial charge in [-0.05, 0) is 38.8 Å². The van der Waals surface area contributed by atoms with E-state index >= 15 is 4.39 Å². The van der Waals surface area contributed by atoms with E-state index in [1.165, 1.54) is 18.3 Å². The number of pyridine rings is 1. The molecule has 1 aliphatic rings. The minimum atomic E-state index is -0.728. The van der Waals surface area contributed by atoms with Gasteiger partial charge in [0.1, 0.15) is 11.6 Å². The molecule has 2 aromatic carbocycles. The standard InChI is InChI=1S/C29H30ClF2N5O/c1-4-29(3,38)19-9-10-37(16-19)28-34-13-18(14-35-28)21-11-22-26(12-25(21)32)33-15-23(30)27(22)36-17(2)20-7-5-6-8-24(20)31/h5-8,11-15,17,19,38H,4,9-10,16H2,1-3H3,(H,33,36)/t17-,19?,29?/m1/s1. The number of nitrogens with one attached hydrogen (secondary N) is 1. The zero-order chi connectivity index (χ0) is 27.0. The number of anilines is 2. The monoisotopic (exact) mass is 537 g/mol. The van der Waals surface area contributed by atoms with Crippen LogP contribution in [0.2, 0.25) is 5.02 Å². The summed E-state index contributed by atoms with van der Waals surface area (Å²) in [4.78, 5) is 15.3. The molecule has 2 N–H and O–H groups in total. The van der Waals surface area contributed by atoms with E-state index in [1.54, 1.807) is 36.7 Å². The van der Waals surface area contributed by atoms with E-state index in [9.17, 15) is 9.50 Å². The van der Waals surface area contributed by atoms with Gasteiger partial charge in [0.25, 0.3) is 0 Å². The molecule has 0 spiro atoms. The van der Waals surface area contributed by atoms with Crippen LogP contribution in [0.4, 0.5) is 20.4 Å². The van der Waals surface area contributed by atoms with Crippen molar-refractivity contribution in [3.8, 4) is 11.1 Å². The number of aliphatic hydroxyl groups is 1. The maximum absolute atomic E-state index is 15.2. The summed E-state index contributed by atoms with van der Waals surface area (Å²) in [5.41, 5.74) is 1.54. The predicted molar refractivity (Wildman–Crippen MR) is 147 cm³/mol. The fraction of sp³-hybridized carbons (Fsp3) is 0.345. The Balaban J connectivity index is 1.45. The Labute approximate surface area is 225 Å². The van der Waals surface area contributed by atoms with Gasteiger partial charge in [-0.25, -0.2) is 18.7 Å². The highest BCUT2D eigenvalue weighted by molar-refractivity contribution is 6.34. The van der Waals surface area contributed by atoms with Gasteiger partial charge in [0, 0.05) is 65.7 Å². The van der Waals surface area contributed by atoms with Crippen molar-refractivity contribution in [1.29, 1.82) is 0 Å². The van der Waals surface area contributed by atoms with Crippen LogP contribution in [0.3, 0.4) is 0 Å². The average Bonchev–Trinajstić information content (AvgIpc) is 3.42. The number of halogens is 3. The topological polar surface area (TPSA) is 74.2 Å². The lowest BCUT2D eigenvalue weighted by Crippen LogP contribution is -2.36. The maximum Gasteiger partial charge on any atom is 0.225 e. The first-order valence-corrected chi connectivity index (χ1v) is 13.1. The number of nitrogens with zero attached hydrogens (tertiary/aromatic N) is 4. The fourth-order valence-corrected chi connectivity index (χ4v) is 5.24. The number of hydrogen-bond donors (Lipinski definition) is 2.